The average molecular weight is 564 g/mol. The zero-order chi connectivity index (χ0) is 29.0. The third-order valence-corrected chi connectivity index (χ3v) is 8.72. The molecule has 2 fully saturated rings. The molecule has 3 aliphatic rings. The normalized spacial score (nSPS) is 19.3. The van der Waals surface area contributed by atoms with E-state index in [1.165, 1.54) is 12.3 Å². The fourth-order valence-corrected chi connectivity index (χ4v) is 6.41. The number of piperidine rings is 1. The molecule has 1 aliphatic carbocycles. The smallest absolute Gasteiger partial charge is 0.337 e. The number of aromatic carboxylic acids is 1. The van der Waals surface area contributed by atoms with Gasteiger partial charge in [-0.1, -0.05) is 6.07 Å². The molecular formula is C33H29N3O6. The number of Topliss-reactive ketones (excluding diaryl/α,β-unsaturated/α-hetero) is 2. The number of hydrogen-bond acceptors (Lipinski definition) is 8. The van der Waals surface area contributed by atoms with Crippen molar-refractivity contribution in [2.45, 2.75) is 37.2 Å². The van der Waals surface area contributed by atoms with E-state index in [0.717, 1.165) is 29.3 Å². The number of ketones is 2. The summed E-state index contributed by atoms with van der Waals surface area (Å²) in [6.07, 6.45) is 7.71. The van der Waals surface area contributed by atoms with Gasteiger partial charge >= 0.3 is 5.97 Å². The van der Waals surface area contributed by atoms with Gasteiger partial charge in [0.25, 0.3) is 0 Å². The number of rotatable bonds is 6. The molecule has 0 radical (unpaired) electrons. The minimum atomic E-state index is -1.09. The monoisotopic (exact) mass is 563 g/mol. The van der Waals surface area contributed by atoms with Gasteiger partial charge in [-0.25, -0.2) is 4.79 Å². The van der Waals surface area contributed by atoms with E-state index in [1.807, 2.05) is 12.1 Å². The summed E-state index contributed by atoms with van der Waals surface area (Å²) in [6, 6.07) is 12.2. The van der Waals surface area contributed by atoms with Crippen LogP contribution in [0.5, 0.6) is 11.5 Å². The predicted octanol–water partition coefficient (Wildman–Crippen LogP) is 5.08. The maximum Gasteiger partial charge on any atom is 0.337 e. The first-order valence-electron chi connectivity index (χ1n) is 14.2. The summed E-state index contributed by atoms with van der Waals surface area (Å²) < 4.78 is 12.3. The van der Waals surface area contributed by atoms with Gasteiger partial charge in [0.15, 0.2) is 11.6 Å². The highest BCUT2D eigenvalue weighted by atomic mass is 16.5. The van der Waals surface area contributed by atoms with Gasteiger partial charge in [-0.05, 0) is 67.9 Å². The zero-order valence-electron chi connectivity index (χ0n) is 23.1. The summed E-state index contributed by atoms with van der Waals surface area (Å²) in [7, 11) is 1.58. The molecular weight excluding hydrogens is 534 g/mol. The Kier molecular flexibility index (Phi) is 6.27. The van der Waals surface area contributed by atoms with Crippen molar-refractivity contribution in [1.82, 2.24) is 15.3 Å². The van der Waals surface area contributed by atoms with E-state index in [-0.39, 0.29) is 17.1 Å². The summed E-state index contributed by atoms with van der Waals surface area (Å²) in [5, 5.41) is 14.5. The van der Waals surface area contributed by atoms with Crippen LogP contribution in [0.2, 0.25) is 0 Å². The highest BCUT2D eigenvalue weighted by Gasteiger charge is 2.54. The van der Waals surface area contributed by atoms with Gasteiger partial charge < -0.3 is 19.9 Å². The molecule has 212 valence electrons. The number of nitrogens with one attached hydrogen (secondary N) is 1. The van der Waals surface area contributed by atoms with E-state index in [1.54, 1.807) is 43.8 Å². The van der Waals surface area contributed by atoms with Crippen LogP contribution in [-0.4, -0.2) is 58.4 Å². The molecule has 1 atom stereocenters. The lowest BCUT2D eigenvalue weighted by Crippen LogP contribution is -2.58. The van der Waals surface area contributed by atoms with Crippen LogP contribution in [0.1, 0.15) is 68.4 Å². The first-order valence-corrected chi connectivity index (χ1v) is 14.2. The second kappa shape index (κ2) is 10.0. The summed E-state index contributed by atoms with van der Waals surface area (Å²) in [6.45, 7) is 1.24. The second-order valence-corrected chi connectivity index (χ2v) is 11.3. The van der Waals surface area contributed by atoms with E-state index in [2.05, 4.69) is 15.3 Å². The minimum Gasteiger partial charge on any atom is -0.496 e. The number of benzene rings is 2. The molecule has 1 saturated heterocycles. The molecule has 2 aromatic carbocycles. The predicted molar refractivity (Wildman–Crippen MR) is 155 cm³/mol. The number of carbonyl (C=O) groups is 3. The van der Waals surface area contributed by atoms with E-state index in [4.69, 9.17) is 9.47 Å². The standard InChI is InChI=1S/C33H29N3O6/c1-41-27-15-20(14-24-23(27)6-9-36-29(24)18-2-3-18)30(37)28-31(38)25-13-19(21-12-22(32(39)40)17-35-16-21)4-5-26(25)42-33(28)7-10-34-11-8-33/h4-6,9,12-18,28,34H,2-3,7-8,10-11H2,1H3,(H,39,40)/t28-/m1/s1. The Hall–Kier alpha value is -4.63. The summed E-state index contributed by atoms with van der Waals surface area (Å²) in [4.78, 5) is 49.1. The summed E-state index contributed by atoms with van der Waals surface area (Å²) >= 11 is 0. The molecule has 0 bridgehead atoms. The fourth-order valence-electron chi connectivity index (χ4n) is 6.41. The van der Waals surface area contributed by atoms with Gasteiger partial charge in [0, 0.05) is 59.2 Å². The molecule has 1 saturated carbocycles. The molecule has 0 unspecified atom stereocenters. The number of carboxylic acid groups (broad SMARTS) is 1. The molecule has 2 aromatic heterocycles. The van der Waals surface area contributed by atoms with Crippen LogP contribution in [0.4, 0.5) is 0 Å². The first-order chi connectivity index (χ1) is 20.4. The third-order valence-electron chi connectivity index (χ3n) is 8.72. The quantitative estimate of drug-likeness (QED) is 0.244. The topological polar surface area (TPSA) is 128 Å². The number of carbonyl (C=O) groups excluding carboxylic acids is 2. The van der Waals surface area contributed by atoms with Gasteiger partial charge in [-0.2, -0.15) is 0 Å². The number of nitrogens with zero attached hydrogens (tertiary/aromatic N) is 2. The van der Waals surface area contributed by atoms with Crippen molar-refractivity contribution >= 4 is 28.3 Å². The lowest BCUT2D eigenvalue weighted by atomic mass is 9.70. The average Bonchev–Trinajstić information content (AvgIpc) is 3.86. The van der Waals surface area contributed by atoms with Crippen LogP contribution < -0.4 is 14.8 Å². The Morgan fingerprint density at radius 1 is 1.00 bits per heavy atom. The van der Waals surface area contributed by atoms with E-state index in [9.17, 15) is 19.5 Å². The molecule has 7 rings (SSSR count). The SMILES string of the molecule is COc1cc(C(=O)[C@@H]2C(=O)c3cc(-c4cncc(C(=O)O)c4)ccc3OC23CCNCC3)cc2c(C3CC3)nccc12. The maximum atomic E-state index is 14.5. The fraction of sp³-hybridized carbons (Fsp3) is 0.303. The van der Waals surface area contributed by atoms with Gasteiger partial charge in [0.05, 0.1) is 23.9 Å². The molecule has 2 N–H and O–H groups in total. The van der Waals surface area contributed by atoms with Crippen molar-refractivity contribution in [2.24, 2.45) is 5.92 Å². The van der Waals surface area contributed by atoms with Gasteiger partial charge in [0.2, 0.25) is 0 Å². The molecule has 9 nitrogen and oxygen atoms in total. The molecule has 4 heterocycles. The van der Waals surface area contributed by atoms with Gasteiger partial charge in [0.1, 0.15) is 23.0 Å². The van der Waals surface area contributed by atoms with Crippen molar-refractivity contribution in [3.05, 3.63) is 83.4 Å². The van der Waals surface area contributed by atoms with Crippen molar-refractivity contribution in [1.29, 1.82) is 0 Å². The zero-order valence-corrected chi connectivity index (χ0v) is 23.1. The highest BCUT2D eigenvalue weighted by Crippen LogP contribution is 2.46. The van der Waals surface area contributed by atoms with Crippen LogP contribution in [-0.2, 0) is 0 Å². The highest BCUT2D eigenvalue weighted by molar-refractivity contribution is 6.20. The lowest BCUT2D eigenvalue weighted by Gasteiger charge is -2.45. The first kappa shape index (κ1) is 26.3. The Balaban J connectivity index is 1.34. The van der Waals surface area contributed by atoms with Crippen LogP contribution in [0.25, 0.3) is 21.9 Å². The lowest BCUT2D eigenvalue weighted by molar-refractivity contribution is -0.0138. The maximum absolute atomic E-state index is 14.5. The summed E-state index contributed by atoms with van der Waals surface area (Å²) in [5.74, 6) is -1.41. The largest absolute Gasteiger partial charge is 0.496 e. The number of fused-ring (bicyclic) bond motifs is 2. The van der Waals surface area contributed by atoms with Crippen molar-refractivity contribution in [3.63, 3.8) is 0 Å². The number of aromatic nitrogens is 2. The Bertz CT molecular complexity index is 1770. The number of carboxylic acids is 1. The van der Waals surface area contributed by atoms with E-state index in [0.29, 0.717) is 65.6 Å². The van der Waals surface area contributed by atoms with E-state index < -0.39 is 17.5 Å². The number of ether oxygens (including phenoxy) is 2. The molecule has 42 heavy (non-hydrogen) atoms. The molecule has 4 aromatic rings. The Morgan fingerprint density at radius 2 is 1.81 bits per heavy atom. The van der Waals surface area contributed by atoms with Crippen LogP contribution in [0.3, 0.4) is 0 Å². The number of methoxy groups -OCH3 is 1. The summed E-state index contributed by atoms with van der Waals surface area (Å²) in [5.41, 5.74) is 1.86. The van der Waals surface area contributed by atoms with Crippen LogP contribution in [0.15, 0.2) is 61.1 Å². The third kappa shape index (κ3) is 4.32. The van der Waals surface area contributed by atoms with Crippen molar-refractivity contribution in [3.8, 4) is 22.6 Å². The van der Waals surface area contributed by atoms with Crippen LogP contribution >= 0.6 is 0 Å². The molecule has 0 amide bonds. The number of hydrogen-bond donors (Lipinski definition) is 2. The van der Waals surface area contributed by atoms with Gasteiger partial charge in [-0.15, -0.1) is 0 Å². The minimum absolute atomic E-state index is 0.0415. The number of pyridine rings is 2. The van der Waals surface area contributed by atoms with Crippen molar-refractivity contribution in [2.75, 3.05) is 20.2 Å². The molecule has 1 spiro atoms. The van der Waals surface area contributed by atoms with Crippen LogP contribution in [0, 0.1) is 5.92 Å². The van der Waals surface area contributed by atoms with Crippen molar-refractivity contribution < 1.29 is 29.0 Å². The Morgan fingerprint density at radius 3 is 2.55 bits per heavy atom. The Labute approximate surface area is 241 Å². The van der Waals surface area contributed by atoms with E-state index >= 15 is 0 Å². The molecule has 9 heteroatoms. The molecule has 2 aliphatic heterocycles. The second-order valence-electron chi connectivity index (χ2n) is 11.3. The van der Waals surface area contributed by atoms with Gasteiger partial charge in [-0.3, -0.25) is 19.6 Å².